The van der Waals surface area contributed by atoms with Crippen LogP contribution < -0.4 is 10.1 Å². The lowest BCUT2D eigenvalue weighted by Gasteiger charge is -2.10. The van der Waals surface area contributed by atoms with Crippen LogP contribution >= 0.6 is 11.8 Å². The fraction of sp³-hybridized carbons (Fsp3) is 0.167. The average Bonchev–Trinajstić information content (AvgIpc) is 3.23. The Balaban J connectivity index is 1.33. The summed E-state index contributed by atoms with van der Waals surface area (Å²) in [6.07, 6.45) is 0. The van der Waals surface area contributed by atoms with Crippen LogP contribution in [0.5, 0.6) is 5.75 Å². The van der Waals surface area contributed by atoms with Crippen LogP contribution in [0.4, 0.5) is 10.1 Å². The molecule has 1 heterocycles. The van der Waals surface area contributed by atoms with Crippen LogP contribution in [0.2, 0.25) is 0 Å². The third-order valence-corrected chi connectivity index (χ3v) is 5.64. The molecule has 8 heteroatoms. The van der Waals surface area contributed by atoms with Gasteiger partial charge in [0.1, 0.15) is 6.61 Å². The molecule has 3 aromatic carbocycles. The maximum Gasteiger partial charge on any atom is 0.255 e. The van der Waals surface area contributed by atoms with Crippen molar-refractivity contribution in [3.8, 4) is 5.75 Å². The van der Waals surface area contributed by atoms with E-state index in [1.807, 2.05) is 36.4 Å². The van der Waals surface area contributed by atoms with Gasteiger partial charge in [-0.15, -0.1) is 0 Å². The topological polar surface area (TPSA) is 76.2 Å². The Bertz CT molecular complexity index is 1180. The fourth-order valence-electron chi connectivity index (χ4n) is 3.04. The minimum atomic E-state index is -0.545. The smallest absolute Gasteiger partial charge is 0.255 e. The normalized spacial score (nSPS) is 10.9. The number of aromatic nitrogens is 2. The van der Waals surface area contributed by atoms with Crippen LogP contribution in [0.3, 0.4) is 0 Å². The molecule has 0 saturated heterocycles. The van der Waals surface area contributed by atoms with Crippen molar-refractivity contribution in [2.24, 2.45) is 0 Å². The van der Waals surface area contributed by atoms with Gasteiger partial charge < -0.3 is 19.8 Å². The molecule has 0 aliphatic heterocycles. The second-order valence-electron chi connectivity index (χ2n) is 6.99. The Morgan fingerprint density at radius 3 is 2.66 bits per heavy atom. The largest absolute Gasteiger partial charge is 0.488 e. The number of carbonyl (C=O) groups excluding carboxylic acids is 1. The molecule has 4 aromatic rings. The lowest BCUT2D eigenvalue weighted by atomic mass is 10.1. The van der Waals surface area contributed by atoms with Crippen LogP contribution in [0.25, 0.3) is 11.0 Å². The predicted molar refractivity (Wildman–Crippen MR) is 124 cm³/mol. The molecule has 2 N–H and O–H groups in total. The third kappa shape index (κ3) is 5.46. The van der Waals surface area contributed by atoms with Gasteiger partial charge in [-0.25, -0.2) is 9.37 Å². The molecule has 32 heavy (non-hydrogen) atoms. The zero-order valence-corrected chi connectivity index (χ0v) is 18.2. The molecule has 0 aliphatic carbocycles. The zero-order valence-electron chi connectivity index (χ0n) is 17.4. The fourth-order valence-corrected chi connectivity index (χ4v) is 3.88. The summed E-state index contributed by atoms with van der Waals surface area (Å²) in [6.45, 7) is 0.616. The number of methoxy groups -OCH3 is 1. The van der Waals surface area contributed by atoms with E-state index in [9.17, 15) is 9.18 Å². The van der Waals surface area contributed by atoms with Crippen molar-refractivity contribution in [1.29, 1.82) is 0 Å². The second kappa shape index (κ2) is 10.3. The molecule has 0 saturated carbocycles. The maximum atomic E-state index is 14.1. The van der Waals surface area contributed by atoms with Crippen molar-refractivity contribution < 1.29 is 18.7 Å². The van der Waals surface area contributed by atoms with Crippen molar-refractivity contribution in [1.82, 2.24) is 9.97 Å². The molecular weight excluding hydrogens is 429 g/mol. The average molecular weight is 452 g/mol. The van der Waals surface area contributed by atoms with E-state index < -0.39 is 5.82 Å². The zero-order chi connectivity index (χ0) is 22.3. The van der Waals surface area contributed by atoms with Crippen molar-refractivity contribution in [3.63, 3.8) is 0 Å². The highest BCUT2D eigenvalue weighted by atomic mass is 32.2. The number of nitrogens with one attached hydrogen (secondary N) is 2. The number of para-hydroxylation sites is 2. The molecule has 4 rings (SSSR count). The van der Waals surface area contributed by atoms with Gasteiger partial charge in [0.2, 0.25) is 0 Å². The summed E-state index contributed by atoms with van der Waals surface area (Å²) < 4.78 is 24.3. The van der Waals surface area contributed by atoms with Gasteiger partial charge in [-0.2, -0.15) is 0 Å². The number of benzene rings is 3. The summed E-state index contributed by atoms with van der Waals surface area (Å²) in [5, 5.41) is 3.56. The summed E-state index contributed by atoms with van der Waals surface area (Å²) in [4.78, 5) is 20.3. The van der Waals surface area contributed by atoms with E-state index in [2.05, 4.69) is 15.3 Å². The number of fused-ring (bicyclic) bond motifs is 1. The van der Waals surface area contributed by atoms with Crippen LogP contribution in [0.15, 0.2) is 71.9 Å². The Morgan fingerprint density at radius 1 is 1.09 bits per heavy atom. The quantitative estimate of drug-likeness (QED) is 0.268. The third-order valence-electron chi connectivity index (χ3n) is 4.69. The summed E-state index contributed by atoms with van der Waals surface area (Å²) in [6, 6.07) is 19.5. The van der Waals surface area contributed by atoms with Crippen molar-refractivity contribution in [2.75, 3.05) is 25.6 Å². The molecule has 0 aliphatic rings. The van der Waals surface area contributed by atoms with E-state index in [0.717, 1.165) is 27.5 Å². The van der Waals surface area contributed by atoms with E-state index in [0.29, 0.717) is 17.9 Å². The highest BCUT2D eigenvalue weighted by Crippen LogP contribution is 2.24. The number of amides is 1. The first-order valence-corrected chi connectivity index (χ1v) is 11.0. The van der Waals surface area contributed by atoms with Gasteiger partial charge in [0.15, 0.2) is 16.7 Å². The van der Waals surface area contributed by atoms with Crippen LogP contribution in [-0.2, 0) is 10.5 Å². The van der Waals surface area contributed by atoms with Crippen molar-refractivity contribution in [2.45, 2.75) is 10.9 Å². The van der Waals surface area contributed by atoms with Gasteiger partial charge in [-0.3, -0.25) is 4.79 Å². The van der Waals surface area contributed by atoms with E-state index in [-0.39, 0.29) is 18.3 Å². The SMILES string of the molecule is COCCOc1ccc(NC(=O)c2ccc(CSc3nc4ccccc4[nH]3)cc2)cc1F. The molecule has 0 bridgehead atoms. The molecule has 6 nitrogen and oxygen atoms in total. The molecule has 0 radical (unpaired) electrons. The lowest BCUT2D eigenvalue weighted by Crippen LogP contribution is -2.12. The van der Waals surface area contributed by atoms with Crippen molar-refractivity contribution in [3.05, 3.63) is 83.7 Å². The first-order chi connectivity index (χ1) is 15.6. The summed E-state index contributed by atoms with van der Waals surface area (Å²) in [5.41, 5.74) is 3.86. The number of nitrogens with zero attached hydrogens (tertiary/aromatic N) is 1. The molecule has 0 fully saturated rings. The van der Waals surface area contributed by atoms with Gasteiger partial charge in [0.05, 0.1) is 17.6 Å². The summed E-state index contributed by atoms with van der Waals surface area (Å²) in [7, 11) is 1.55. The highest BCUT2D eigenvalue weighted by molar-refractivity contribution is 7.98. The Labute approximate surface area is 189 Å². The van der Waals surface area contributed by atoms with Gasteiger partial charge in [-0.1, -0.05) is 36.0 Å². The number of hydrogen-bond acceptors (Lipinski definition) is 5. The number of anilines is 1. The number of aromatic amines is 1. The number of ether oxygens (including phenoxy) is 2. The van der Waals surface area contributed by atoms with Gasteiger partial charge in [0.25, 0.3) is 5.91 Å². The number of thioether (sulfide) groups is 1. The number of carbonyl (C=O) groups is 1. The van der Waals surface area contributed by atoms with Crippen LogP contribution in [0, 0.1) is 5.82 Å². The van der Waals surface area contributed by atoms with E-state index in [4.69, 9.17) is 9.47 Å². The minimum absolute atomic E-state index is 0.117. The number of rotatable bonds is 9. The summed E-state index contributed by atoms with van der Waals surface area (Å²) >= 11 is 1.60. The molecule has 1 amide bonds. The Hall–Kier alpha value is -3.36. The lowest BCUT2D eigenvalue weighted by molar-refractivity contribution is 0.102. The maximum absolute atomic E-state index is 14.1. The number of imidazole rings is 1. The first kappa shape index (κ1) is 21.9. The molecule has 164 valence electrons. The number of hydrogen-bond donors (Lipinski definition) is 2. The highest BCUT2D eigenvalue weighted by Gasteiger charge is 2.10. The second-order valence-corrected chi connectivity index (χ2v) is 7.95. The van der Waals surface area contributed by atoms with Gasteiger partial charge >= 0.3 is 0 Å². The van der Waals surface area contributed by atoms with Crippen LogP contribution in [-0.4, -0.2) is 36.2 Å². The van der Waals surface area contributed by atoms with Gasteiger partial charge in [-0.05, 0) is 42.0 Å². The van der Waals surface area contributed by atoms with Crippen molar-refractivity contribution >= 4 is 34.4 Å². The molecule has 0 atom stereocenters. The Kier molecular flexibility index (Phi) is 7.03. The monoisotopic (exact) mass is 451 g/mol. The van der Waals surface area contributed by atoms with Crippen LogP contribution in [0.1, 0.15) is 15.9 Å². The molecule has 0 unspecified atom stereocenters. The number of halogens is 1. The molecular formula is C24H22FN3O3S. The number of H-pyrrole nitrogens is 1. The summed E-state index contributed by atoms with van der Waals surface area (Å²) in [5.74, 6) is -0.0190. The van der Waals surface area contributed by atoms with E-state index in [1.165, 1.54) is 12.1 Å². The van der Waals surface area contributed by atoms with E-state index >= 15 is 0 Å². The minimum Gasteiger partial charge on any atom is -0.488 e. The Morgan fingerprint density at radius 2 is 1.91 bits per heavy atom. The van der Waals surface area contributed by atoms with Gasteiger partial charge in [0, 0.05) is 30.2 Å². The molecule has 0 spiro atoms. The van der Waals surface area contributed by atoms with E-state index in [1.54, 1.807) is 37.1 Å². The standard InChI is InChI=1S/C24H22FN3O3S/c1-30-12-13-31-22-11-10-18(14-19(22)25)26-23(29)17-8-6-16(7-9-17)15-32-24-27-20-4-2-3-5-21(20)28-24/h2-11,14H,12-13,15H2,1H3,(H,26,29)(H,27,28). The first-order valence-electron chi connectivity index (χ1n) is 10.0. The predicted octanol–water partition coefficient (Wildman–Crippen LogP) is 5.27. The molecule has 1 aromatic heterocycles.